The van der Waals surface area contributed by atoms with Gasteiger partial charge >= 0.3 is 20.2 Å². The second-order valence-corrected chi connectivity index (χ2v) is 13.9. The van der Waals surface area contributed by atoms with E-state index in [0.29, 0.717) is 22.3 Å². The molecule has 2 aliphatic rings. The number of rotatable bonds is 8. The molecular formula is C32H24N2O11S2. The molecule has 0 atom stereocenters. The Hall–Kier alpha value is -5.22. The van der Waals surface area contributed by atoms with E-state index >= 15 is 0 Å². The lowest BCUT2D eigenvalue weighted by molar-refractivity contribution is -0.0107. The number of amides is 4. The largest absolute Gasteiger partial charge is 0.457 e. The third-order valence-electron chi connectivity index (χ3n) is 7.45. The topological polar surface area (TPSA) is 171 Å². The Morgan fingerprint density at radius 1 is 0.468 bits per heavy atom. The van der Waals surface area contributed by atoms with Crippen LogP contribution in [-0.4, -0.2) is 50.6 Å². The van der Waals surface area contributed by atoms with Crippen LogP contribution in [0.25, 0.3) is 0 Å². The maximum Gasteiger partial charge on any atom is 0.318 e. The number of hydrogen-bond acceptors (Lipinski definition) is 11. The van der Waals surface area contributed by atoms with E-state index in [1.54, 1.807) is 52.0 Å². The van der Waals surface area contributed by atoms with Crippen LogP contribution < -0.4 is 4.74 Å². The smallest absolute Gasteiger partial charge is 0.318 e. The number of ether oxygens (including phenoxy) is 1. The van der Waals surface area contributed by atoms with Crippen LogP contribution in [0.5, 0.6) is 11.5 Å². The minimum absolute atomic E-state index is 0.0199. The van der Waals surface area contributed by atoms with Crippen molar-refractivity contribution < 1.29 is 49.3 Å². The molecule has 4 amide bonds. The zero-order valence-corrected chi connectivity index (χ0v) is 26.8. The maximum absolute atomic E-state index is 13.1. The molecule has 6 rings (SSSR count). The lowest BCUT2D eigenvalue weighted by Crippen LogP contribution is -2.33. The summed E-state index contributed by atoms with van der Waals surface area (Å²) in [5, 5.41) is 0.318. The number of carbonyl (C=O) groups is 4. The average molecular weight is 677 g/mol. The van der Waals surface area contributed by atoms with E-state index in [1.165, 1.54) is 48.5 Å². The van der Waals surface area contributed by atoms with Gasteiger partial charge in [0.15, 0.2) is 0 Å². The van der Waals surface area contributed by atoms with Crippen molar-refractivity contribution in [1.29, 1.82) is 0 Å². The van der Waals surface area contributed by atoms with Crippen LogP contribution in [0, 0.1) is 27.7 Å². The van der Waals surface area contributed by atoms with E-state index in [9.17, 15) is 36.0 Å². The van der Waals surface area contributed by atoms with Crippen molar-refractivity contribution in [3.8, 4) is 11.5 Å². The second kappa shape index (κ2) is 11.2. The highest BCUT2D eigenvalue weighted by Gasteiger charge is 2.42. The summed E-state index contributed by atoms with van der Waals surface area (Å²) in [7, 11) is -9.10. The summed E-state index contributed by atoms with van der Waals surface area (Å²) in [4.78, 5) is 51.7. The van der Waals surface area contributed by atoms with Gasteiger partial charge in [-0.05, 0) is 98.5 Å². The van der Waals surface area contributed by atoms with Gasteiger partial charge < -0.3 is 4.74 Å². The predicted octanol–water partition coefficient (Wildman–Crippen LogP) is 4.55. The lowest BCUT2D eigenvalue weighted by atomic mass is 10.1. The Labute approximate surface area is 269 Å². The summed E-state index contributed by atoms with van der Waals surface area (Å²) < 4.78 is 67.6. The van der Waals surface area contributed by atoms with Gasteiger partial charge in [0.05, 0.1) is 32.0 Å². The van der Waals surface area contributed by atoms with Crippen LogP contribution >= 0.6 is 0 Å². The van der Waals surface area contributed by atoms with Gasteiger partial charge in [0.25, 0.3) is 23.6 Å². The zero-order valence-electron chi connectivity index (χ0n) is 25.1. The highest BCUT2D eigenvalue weighted by molar-refractivity contribution is 7.87. The van der Waals surface area contributed by atoms with E-state index < -0.39 is 43.9 Å². The van der Waals surface area contributed by atoms with Crippen LogP contribution in [0.15, 0.2) is 82.6 Å². The fraction of sp³-hybridized carbons (Fsp3) is 0.125. The molecule has 0 aliphatic carbocycles. The average Bonchev–Trinajstić information content (AvgIpc) is 3.38. The molecule has 0 bridgehead atoms. The standard InChI is InChI=1S/C32H24N2O11S2/c1-17-5-7-19(3)27(13-17)46(39,40)44-33-29(35)23-11-9-21(15-25(23)31(33)37)43-22-10-12-24-26(16-22)32(38)34(30(24)36)45-47(41,42)28-14-18(2)6-8-20(28)4/h5-16H,1-4H3. The van der Waals surface area contributed by atoms with Crippen molar-refractivity contribution in [2.45, 2.75) is 37.5 Å². The zero-order chi connectivity index (χ0) is 34.0. The highest BCUT2D eigenvalue weighted by atomic mass is 32.2. The molecule has 4 aromatic rings. The molecule has 0 saturated carbocycles. The fourth-order valence-electron chi connectivity index (χ4n) is 5.02. The minimum atomic E-state index is -4.55. The number of fused-ring (bicyclic) bond motifs is 2. The Balaban J connectivity index is 1.21. The number of hydroxylamine groups is 4. The van der Waals surface area contributed by atoms with Crippen molar-refractivity contribution in [3.63, 3.8) is 0 Å². The molecule has 47 heavy (non-hydrogen) atoms. The summed E-state index contributed by atoms with van der Waals surface area (Å²) in [6.07, 6.45) is 0. The van der Waals surface area contributed by atoms with Gasteiger partial charge in [-0.15, -0.1) is 18.7 Å². The molecule has 4 aromatic carbocycles. The number of imide groups is 2. The Morgan fingerprint density at radius 2 is 0.830 bits per heavy atom. The van der Waals surface area contributed by atoms with Gasteiger partial charge in [0.2, 0.25) is 0 Å². The van der Waals surface area contributed by atoms with Gasteiger partial charge in [-0.3, -0.25) is 19.2 Å². The van der Waals surface area contributed by atoms with Crippen LogP contribution in [0.2, 0.25) is 0 Å². The van der Waals surface area contributed by atoms with Gasteiger partial charge in [-0.2, -0.15) is 16.8 Å². The summed E-state index contributed by atoms with van der Waals surface area (Å²) in [6, 6.07) is 16.8. The summed E-state index contributed by atoms with van der Waals surface area (Å²) >= 11 is 0. The highest BCUT2D eigenvalue weighted by Crippen LogP contribution is 2.34. The monoisotopic (exact) mass is 676 g/mol. The maximum atomic E-state index is 13.1. The SMILES string of the molecule is Cc1ccc(C)c(S(=O)(=O)ON2C(=O)c3ccc(Oc4ccc5c(c4)C(=O)N(OS(=O)(=O)c4cc(C)ccc4C)C5=O)cc3C2=O)c1. The first-order valence-corrected chi connectivity index (χ1v) is 16.7. The van der Waals surface area contributed by atoms with E-state index in [1.807, 2.05) is 0 Å². The van der Waals surface area contributed by atoms with Gasteiger partial charge in [-0.1, -0.05) is 24.3 Å². The third kappa shape index (κ3) is 5.59. The molecule has 2 heterocycles. The molecule has 0 aromatic heterocycles. The first-order valence-electron chi connectivity index (χ1n) is 13.8. The van der Waals surface area contributed by atoms with Gasteiger partial charge in [0.1, 0.15) is 11.5 Å². The summed E-state index contributed by atoms with van der Waals surface area (Å²) in [5.74, 6) is -4.04. The van der Waals surface area contributed by atoms with E-state index in [2.05, 4.69) is 0 Å². The molecule has 15 heteroatoms. The lowest BCUT2D eigenvalue weighted by Gasteiger charge is -2.14. The first-order chi connectivity index (χ1) is 22.1. The quantitative estimate of drug-likeness (QED) is 0.240. The molecular weight excluding hydrogens is 652 g/mol. The van der Waals surface area contributed by atoms with Gasteiger partial charge in [0, 0.05) is 0 Å². The van der Waals surface area contributed by atoms with Crippen molar-refractivity contribution in [2.75, 3.05) is 0 Å². The first kappa shape index (κ1) is 31.7. The van der Waals surface area contributed by atoms with Crippen molar-refractivity contribution in [2.24, 2.45) is 0 Å². The van der Waals surface area contributed by atoms with Crippen molar-refractivity contribution >= 4 is 43.9 Å². The van der Waals surface area contributed by atoms with E-state index in [-0.39, 0.29) is 53.7 Å². The summed E-state index contributed by atoms with van der Waals surface area (Å²) in [5.41, 5.74) is 1.30. The van der Waals surface area contributed by atoms with E-state index in [4.69, 9.17) is 13.3 Å². The Kier molecular flexibility index (Phi) is 7.59. The molecule has 2 aliphatic heterocycles. The molecule has 13 nitrogen and oxygen atoms in total. The number of carbonyl (C=O) groups excluding carboxylic acids is 4. The van der Waals surface area contributed by atoms with Crippen LogP contribution in [0.1, 0.15) is 63.7 Å². The number of aryl methyl sites for hydroxylation is 4. The molecule has 0 spiro atoms. The van der Waals surface area contributed by atoms with Crippen LogP contribution in [0.4, 0.5) is 0 Å². The molecule has 0 unspecified atom stereocenters. The predicted molar refractivity (Wildman–Crippen MR) is 162 cm³/mol. The molecule has 0 saturated heterocycles. The second-order valence-electron chi connectivity index (χ2n) is 10.9. The number of hydrogen-bond donors (Lipinski definition) is 0. The van der Waals surface area contributed by atoms with Crippen LogP contribution in [0.3, 0.4) is 0 Å². The molecule has 0 N–H and O–H groups in total. The Bertz CT molecular complexity index is 2140. The van der Waals surface area contributed by atoms with E-state index in [0.717, 1.165) is 0 Å². The molecule has 0 fully saturated rings. The fourth-order valence-corrected chi connectivity index (χ4v) is 7.43. The molecule has 0 radical (unpaired) electrons. The third-order valence-corrected chi connectivity index (χ3v) is 10.1. The number of benzene rings is 4. The number of nitrogens with zero attached hydrogens (tertiary/aromatic N) is 2. The Morgan fingerprint density at radius 3 is 1.21 bits per heavy atom. The molecule has 240 valence electrons. The summed E-state index contributed by atoms with van der Waals surface area (Å²) in [6.45, 7) is 6.45. The van der Waals surface area contributed by atoms with Crippen LogP contribution in [-0.2, 0) is 28.8 Å². The van der Waals surface area contributed by atoms with Crippen molar-refractivity contribution in [3.05, 3.63) is 117 Å². The van der Waals surface area contributed by atoms with Crippen molar-refractivity contribution in [1.82, 2.24) is 10.1 Å². The minimum Gasteiger partial charge on any atom is -0.457 e. The van der Waals surface area contributed by atoms with Gasteiger partial charge in [-0.25, -0.2) is 0 Å². The normalized spacial score (nSPS) is 14.6.